The Morgan fingerprint density at radius 1 is 0.587 bits per heavy atom. The van der Waals surface area contributed by atoms with Crippen LogP contribution in [-0.4, -0.2) is 4.57 Å². The molecule has 4 heterocycles. The fourth-order valence-electron chi connectivity index (χ4n) is 7.97. The fourth-order valence-corrected chi connectivity index (χ4v) is 9.47. The molecule has 4 heteroatoms. The molecule has 0 fully saturated rings. The van der Waals surface area contributed by atoms with Crippen molar-refractivity contribution in [1.29, 1.82) is 0 Å². The highest BCUT2D eigenvalue weighted by molar-refractivity contribution is 8.00. The summed E-state index contributed by atoms with van der Waals surface area (Å²) in [5, 5.41) is 6.12. The lowest BCUT2D eigenvalue weighted by Crippen LogP contribution is -2.11. The first kappa shape index (κ1) is 24.8. The molecule has 0 saturated carbocycles. The number of aromatic nitrogens is 1. The second-order valence-corrected chi connectivity index (χ2v) is 13.6. The summed E-state index contributed by atoms with van der Waals surface area (Å²) in [6.07, 6.45) is 4.77. The zero-order valence-electron chi connectivity index (χ0n) is 24.6. The van der Waals surface area contributed by atoms with Crippen molar-refractivity contribution in [3.63, 3.8) is 0 Å². The first-order chi connectivity index (χ1) is 22.8. The van der Waals surface area contributed by atoms with Crippen LogP contribution in [-0.2, 0) is 0 Å². The number of hydrogen-bond acceptors (Lipinski definition) is 3. The summed E-state index contributed by atoms with van der Waals surface area (Å²) in [4.78, 5) is 1.38. The molecule has 0 spiro atoms. The SMILES string of the molecule is C1=CC2c3ccccc3SC2c2c1c1ccccc1n2-c1ccc2oc3cccc(-c4ccc5c(c4)oc4ccccc45)c3c2c1. The molecule has 46 heavy (non-hydrogen) atoms. The summed E-state index contributed by atoms with van der Waals surface area (Å²) < 4.78 is 15.3. The molecule has 0 saturated heterocycles. The summed E-state index contributed by atoms with van der Waals surface area (Å²) in [6.45, 7) is 0. The summed E-state index contributed by atoms with van der Waals surface area (Å²) in [5.41, 5.74) is 12.4. The van der Waals surface area contributed by atoms with Crippen molar-refractivity contribution in [3.8, 4) is 16.8 Å². The average molecular weight is 608 g/mol. The van der Waals surface area contributed by atoms with Crippen molar-refractivity contribution in [3.05, 3.63) is 150 Å². The van der Waals surface area contributed by atoms with E-state index in [2.05, 4.69) is 132 Å². The molecular weight excluding hydrogens is 583 g/mol. The molecule has 216 valence electrons. The van der Waals surface area contributed by atoms with E-state index in [-0.39, 0.29) is 0 Å². The molecule has 0 radical (unpaired) electrons. The highest BCUT2D eigenvalue weighted by Gasteiger charge is 2.39. The molecule has 3 nitrogen and oxygen atoms in total. The maximum Gasteiger partial charge on any atom is 0.136 e. The van der Waals surface area contributed by atoms with Crippen molar-refractivity contribution < 1.29 is 8.83 Å². The van der Waals surface area contributed by atoms with Gasteiger partial charge in [-0.05, 0) is 71.3 Å². The van der Waals surface area contributed by atoms with Crippen LogP contribution >= 0.6 is 11.8 Å². The van der Waals surface area contributed by atoms with E-state index in [4.69, 9.17) is 8.83 Å². The highest BCUT2D eigenvalue weighted by atomic mass is 32.2. The van der Waals surface area contributed by atoms with Gasteiger partial charge in [0, 0.05) is 54.7 Å². The van der Waals surface area contributed by atoms with Gasteiger partial charge in [-0.1, -0.05) is 84.9 Å². The molecule has 2 aliphatic rings. The predicted molar refractivity (Wildman–Crippen MR) is 190 cm³/mol. The van der Waals surface area contributed by atoms with Crippen LogP contribution in [0, 0.1) is 0 Å². The van der Waals surface area contributed by atoms with Gasteiger partial charge in [0.15, 0.2) is 0 Å². The first-order valence-corrected chi connectivity index (χ1v) is 16.6. The van der Waals surface area contributed by atoms with Crippen molar-refractivity contribution in [2.45, 2.75) is 16.1 Å². The lowest BCUT2D eigenvalue weighted by atomic mass is 9.87. The molecule has 1 aliphatic heterocycles. The van der Waals surface area contributed by atoms with Gasteiger partial charge in [0.2, 0.25) is 0 Å². The molecule has 0 bridgehead atoms. The van der Waals surface area contributed by atoms with E-state index in [9.17, 15) is 0 Å². The molecule has 11 rings (SSSR count). The molecule has 3 aromatic heterocycles. The number of allylic oxidation sites excluding steroid dienone is 1. The minimum atomic E-state index is 0.313. The first-order valence-electron chi connectivity index (χ1n) is 15.7. The predicted octanol–water partition coefficient (Wildman–Crippen LogP) is 12.1. The second-order valence-electron chi connectivity index (χ2n) is 12.4. The number of benzene rings is 6. The molecule has 0 N–H and O–H groups in total. The fraction of sp³-hybridized carbons (Fsp3) is 0.0476. The van der Waals surface area contributed by atoms with Gasteiger partial charge in [0.1, 0.15) is 22.3 Å². The van der Waals surface area contributed by atoms with Crippen LogP contribution in [0.25, 0.3) is 77.7 Å². The Labute approximate surface area is 268 Å². The molecule has 6 aromatic carbocycles. The van der Waals surface area contributed by atoms with Gasteiger partial charge >= 0.3 is 0 Å². The van der Waals surface area contributed by atoms with Crippen LogP contribution < -0.4 is 0 Å². The monoisotopic (exact) mass is 607 g/mol. The van der Waals surface area contributed by atoms with Crippen LogP contribution in [0.15, 0.2) is 147 Å². The lowest BCUT2D eigenvalue weighted by Gasteiger charge is -2.24. The zero-order valence-corrected chi connectivity index (χ0v) is 25.4. The van der Waals surface area contributed by atoms with Crippen molar-refractivity contribution in [2.75, 3.05) is 0 Å². The van der Waals surface area contributed by atoms with Gasteiger partial charge < -0.3 is 13.4 Å². The number of nitrogens with zero attached hydrogens (tertiary/aromatic N) is 1. The van der Waals surface area contributed by atoms with Crippen LogP contribution in [0.1, 0.15) is 28.0 Å². The Morgan fingerprint density at radius 3 is 2.35 bits per heavy atom. The smallest absolute Gasteiger partial charge is 0.136 e. The van der Waals surface area contributed by atoms with Gasteiger partial charge in [-0.25, -0.2) is 0 Å². The van der Waals surface area contributed by atoms with E-state index < -0.39 is 0 Å². The summed E-state index contributed by atoms with van der Waals surface area (Å²) >= 11 is 2.00. The summed E-state index contributed by atoms with van der Waals surface area (Å²) in [5.74, 6) is 0.356. The minimum Gasteiger partial charge on any atom is -0.456 e. The van der Waals surface area contributed by atoms with E-state index in [0.29, 0.717) is 11.2 Å². The topological polar surface area (TPSA) is 31.2 Å². The number of hydrogen-bond donors (Lipinski definition) is 0. The largest absolute Gasteiger partial charge is 0.456 e. The molecule has 2 unspecified atom stereocenters. The van der Waals surface area contributed by atoms with E-state index >= 15 is 0 Å². The zero-order chi connectivity index (χ0) is 29.9. The van der Waals surface area contributed by atoms with Crippen molar-refractivity contribution >= 4 is 72.6 Å². The number of fused-ring (bicyclic) bond motifs is 13. The Kier molecular flexibility index (Phi) is 4.89. The minimum absolute atomic E-state index is 0.313. The second kappa shape index (κ2) is 9.06. The van der Waals surface area contributed by atoms with E-state index in [1.165, 1.54) is 32.6 Å². The van der Waals surface area contributed by atoms with Gasteiger partial charge in [-0.3, -0.25) is 0 Å². The van der Waals surface area contributed by atoms with Gasteiger partial charge in [0.25, 0.3) is 0 Å². The molecular formula is C42H25NO2S. The molecule has 9 aromatic rings. The van der Waals surface area contributed by atoms with E-state index in [1.54, 1.807) is 0 Å². The van der Waals surface area contributed by atoms with Crippen molar-refractivity contribution in [1.82, 2.24) is 4.57 Å². The maximum absolute atomic E-state index is 6.49. The highest BCUT2D eigenvalue weighted by Crippen LogP contribution is 2.59. The summed E-state index contributed by atoms with van der Waals surface area (Å²) in [6, 6.07) is 45.6. The van der Waals surface area contributed by atoms with E-state index in [0.717, 1.165) is 60.7 Å². The van der Waals surface area contributed by atoms with Crippen LogP contribution in [0.2, 0.25) is 0 Å². The standard InChI is InChI=1S/C42H25NO2S/c1-4-12-34-27(8-1)31-19-20-32-30-10-3-6-15-39(30)46-42(32)41(31)43(34)25-17-21-36-33(23-25)40-26(11-7-14-37(40)44-36)24-16-18-29-28-9-2-5-13-35(28)45-38(29)22-24/h1-23,32,42H. The Hall–Kier alpha value is -5.45. The molecule has 0 amide bonds. The quantitative estimate of drug-likeness (QED) is 0.196. The maximum atomic E-state index is 6.49. The third-order valence-electron chi connectivity index (χ3n) is 9.98. The third-order valence-corrected chi connectivity index (χ3v) is 11.4. The van der Waals surface area contributed by atoms with Gasteiger partial charge in [-0.15, -0.1) is 11.8 Å². The number of para-hydroxylation sites is 2. The van der Waals surface area contributed by atoms with Crippen LogP contribution in [0.3, 0.4) is 0 Å². The Balaban J connectivity index is 1.14. The van der Waals surface area contributed by atoms with E-state index in [1.807, 2.05) is 23.9 Å². The lowest BCUT2D eigenvalue weighted by molar-refractivity contribution is 0.668. The Bertz CT molecular complexity index is 2760. The van der Waals surface area contributed by atoms with Crippen LogP contribution in [0.5, 0.6) is 0 Å². The number of thioether (sulfide) groups is 1. The molecule has 1 aliphatic carbocycles. The van der Waals surface area contributed by atoms with Gasteiger partial charge in [-0.2, -0.15) is 0 Å². The number of rotatable bonds is 2. The summed E-state index contributed by atoms with van der Waals surface area (Å²) in [7, 11) is 0. The average Bonchev–Trinajstić information content (AvgIpc) is 3.86. The van der Waals surface area contributed by atoms with Crippen molar-refractivity contribution in [2.24, 2.45) is 0 Å². The molecule has 2 atom stereocenters. The van der Waals surface area contributed by atoms with Crippen LogP contribution in [0.4, 0.5) is 0 Å². The normalized spacial score (nSPS) is 17.0. The number of furan rings is 2. The Morgan fingerprint density at radius 2 is 1.37 bits per heavy atom. The van der Waals surface area contributed by atoms with Gasteiger partial charge in [0.05, 0.1) is 10.8 Å². The third kappa shape index (κ3) is 3.29.